The summed E-state index contributed by atoms with van der Waals surface area (Å²) >= 11 is 0. The fraction of sp³-hybridized carbons (Fsp3) is 0.471. The van der Waals surface area contributed by atoms with Gasteiger partial charge in [-0.05, 0) is 39.8 Å². The van der Waals surface area contributed by atoms with Crippen molar-refractivity contribution in [2.24, 2.45) is 0 Å². The van der Waals surface area contributed by atoms with Gasteiger partial charge < -0.3 is 19.6 Å². The normalized spacial score (nSPS) is 13.0. The van der Waals surface area contributed by atoms with Crippen molar-refractivity contribution in [2.75, 3.05) is 6.61 Å². The molecule has 0 aliphatic rings. The summed E-state index contributed by atoms with van der Waals surface area (Å²) in [6.07, 6.45) is 0.163. The zero-order valence-electron chi connectivity index (χ0n) is 14.3. The molecule has 2 N–H and O–H groups in total. The molecule has 130 valence electrons. The molecule has 7 heteroatoms. The van der Waals surface area contributed by atoms with Crippen molar-refractivity contribution in [1.29, 1.82) is 0 Å². The Kier molecular flexibility index (Phi) is 5.23. The highest BCUT2D eigenvalue weighted by Crippen LogP contribution is 2.18. The number of carbonyl (C=O) groups excluding carboxylic acids is 1. The summed E-state index contributed by atoms with van der Waals surface area (Å²) in [5, 5.41) is 11.7. The highest BCUT2D eigenvalue weighted by molar-refractivity contribution is 5.97. The number of rotatable bonds is 6. The Hall–Kier alpha value is -2.41. The number of nitrogens with zero attached hydrogens (tertiary/aromatic N) is 1. The van der Waals surface area contributed by atoms with Crippen LogP contribution < -0.4 is 5.32 Å². The van der Waals surface area contributed by atoms with E-state index in [9.17, 15) is 14.7 Å². The minimum atomic E-state index is -1.12. The lowest BCUT2D eigenvalue weighted by molar-refractivity contribution is -0.140. The molecule has 2 heterocycles. The first-order chi connectivity index (χ1) is 11.2. The SMILES string of the molecule is Cc1ccc2oc(C(=O)NC(CCOC(C)(C)C)C(=O)O)cc2n1. The maximum absolute atomic E-state index is 12.2. The summed E-state index contributed by atoms with van der Waals surface area (Å²) in [6.45, 7) is 7.70. The number of aromatic nitrogens is 1. The van der Waals surface area contributed by atoms with Crippen LogP contribution >= 0.6 is 0 Å². The number of carboxylic acid groups (broad SMARTS) is 1. The van der Waals surface area contributed by atoms with E-state index < -0.39 is 17.9 Å². The quantitative estimate of drug-likeness (QED) is 0.841. The number of aliphatic carboxylic acids is 1. The van der Waals surface area contributed by atoms with E-state index in [-0.39, 0.29) is 24.4 Å². The molecule has 0 radical (unpaired) electrons. The van der Waals surface area contributed by atoms with Gasteiger partial charge in [-0.25, -0.2) is 9.78 Å². The van der Waals surface area contributed by atoms with Gasteiger partial charge in [0.15, 0.2) is 11.3 Å². The van der Waals surface area contributed by atoms with Gasteiger partial charge in [0, 0.05) is 24.8 Å². The van der Waals surface area contributed by atoms with Gasteiger partial charge in [0.1, 0.15) is 11.6 Å². The molecule has 2 rings (SSSR count). The second-order valence-corrected chi connectivity index (χ2v) is 6.56. The molecule has 1 atom stereocenters. The number of nitrogens with one attached hydrogen (secondary N) is 1. The fourth-order valence-corrected chi connectivity index (χ4v) is 2.11. The minimum absolute atomic E-state index is 0.0334. The Morgan fingerprint density at radius 1 is 1.38 bits per heavy atom. The Bertz CT molecular complexity index is 745. The molecule has 0 spiro atoms. The number of amides is 1. The van der Waals surface area contributed by atoms with Crippen LogP contribution in [0.4, 0.5) is 0 Å². The molecular weight excluding hydrogens is 312 g/mol. The number of furan rings is 1. The molecule has 0 aliphatic carbocycles. The van der Waals surface area contributed by atoms with Gasteiger partial charge in [-0.1, -0.05) is 0 Å². The lowest BCUT2D eigenvalue weighted by Gasteiger charge is -2.21. The Morgan fingerprint density at radius 2 is 2.08 bits per heavy atom. The maximum Gasteiger partial charge on any atom is 0.326 e. The van der Waals surface area contributed by atoms with Crippen LogP contribution in [0.25, 0.3) is 11.1 Å². The maximum atomic E-state index is 12.2. The van der Waals surface area contributed by atoms with Crippen LogP contribution in [0.2, 0.25) is 0 Å². The van der Waals surface area contributed by atoms with Gasteiger partial charge >= 0.3 is 5.97 Å². The summed E-state index contributed by atoms with van der Waals surface area (Å²) in [5.74, 6) is -1.68. The number of hydrogen-bond acceptors (Lipinski definition) is 5. The van der Waals surface area contributed by atoms with Crippen LogP contribution in [0.1, 0.15) is 43.4 Å². The van der Waals surface area contributed by atoms with E-state index in [1.165, 1.54) is 6.07 Å². The molecule has 0 fully saturated rings. The summed E-state index contributed by atoms with van der Waals surface area (Å²) in [6, 6.07) is 3.95. The Balaban J connectivity index is 2.04. The average molecular weight is 334 g/mol. The van der Waals surface area contributed by atoms with Crippen LogP contribution in [0.5, 0.6) is 0 Å². The lowest BCUT2D eigenvalue weighted by atomic mass is 10.1. The van der Waals surface area contributed by atoms with Crippen molar-refractivity contribution in [3.8, 4) is 0 Å². The highest BCUT2D eigenvalue weighted by Gasteiger charge is 2.23. The summed E-state index contributed by atoms with van der Waals surface area (Å²) in [5.41, 5.74) is 1.48. The third-order valence-electron chi connectivity index (χ3n) is 3.28. The molecular formula is C17H22N2O5. The molecule has 0 bridgehead atoms. The molecule has 0 aliphatic heterocycles. The van der Waals surface area contributed by atoms with Crippen LogP contribution in [0, 0.1) is 6.92 Å². The van der Waals surface area contributed by atoms with Gasteiger partial charge in [0.05, 0.1) is 5.60 Å². The zero-order valence-corrected chi connectivity index (χ0v) is 14.3. The van der Waals surface area contributed by atoms with E-state index in [0.29, 0.717) is 11.1 Å². The molecule has 0 saturated carbocycles. The monoisotopic (exact) mass is 334 g/mol. The van der Waals surface area contributed by atoms with Crippen molar-refractivity contribution in [3.63, 3.8) is 0 Å². The summed E-state index contributed by atoms with van der Waals surface area (Å²) in [7, 11) is 0. The van der Waals surface area contributed by atoms with Gasteiger partial charge in [-0.3, -0.25) is 4.79 Å². The lowest BCUT2D eigenvalue weighted by Crippen LogP contribution is -2.41. The van der Waals surface area contributed by atoms with Crippen LogP contribution in [-0.2, 0) is 9.53 Å². The van der Waals surface area contributed by atoms with Crippen LogP contribution in [0.3, 0.4) is 0 Å². The molecule has 1 amide bonds. The van der Waals surface area contributed by atoms with Crippen molar-refractivity contribution in [1.82, 2.24) is 10.3 Å². The summed E-state index contributed by atoms with van der Waals surface area (Å²) < 4.78 is 10.9. The number of carbonyl (C=O) groups is 2. The van der Waals surface area contributed by atoms with E-state index >= 15 is 0 Å². The predicted molar refractivity (Wildman–Crippen MR) is 88.0 cm³/mol. The number of fused-ring (bicyclic) bond motifs is 1. The Labute approximate surface area is 140 Å². The van der Waals surface area contributed by atoms with E-state index in [1.54, 1.807) is 12.1 Å². The third-order valence-corrected chi connectivity index (χ3v) is 3.28. The highest BCUT2D eigenvalue weighted by atomic mass is 16.5. The van der Waals surface area contributed by atoms with Crippen molar-refractivity contribution in [2.45, 2.75) is 45.8 Å². The number of carboxylic acids is 1. The van der Waals surface area contributed by atoms with Gasteiger partial charge in [0.2, 0.25) is 0 Å². The van der Waals surface area contributed by atoms with Crippen molar-refractivity contribution < 1.29 is 23.8 Å². The number of pyridine rings is 1. The number of aryl methyl sites for hydroxylation is 1. The first-order valence-electron chi connectivity index (χ1n) is 7.70. The van der Waals surface area contributed by atoms with Crippen LogP contribution in [0.15, 0.2) is 22.6 Å². The van der Waals surface area contributed by atoms with E-state index in [0.717, 1.165) is 5.69 Å². The van der Waals surface area contributed by atoms with Crippen molar-refractivity contribution in [3.05, 3.63) is 29.7 Å². The molecule has 7 nitrogen and oxygen atoms in total. The topological polar surface area (TPSA) is 102 Å². The number of ether oxygens (including phenoxy) is 1. The van der Waals surface area contributed by atoms with Gasteiger partial charge in [0.25, 0.3) is 5.91 Å². The zero-order chi connectivity index (χ0) is 17.9. The molecule has 24 heavy (non-hydrogen) atoms. The predicted octanol–water partition coefficient (Wildman–Crippen LogP) is 2.52. The average Bonchev–Trinajstić information content (AvgIpc) is 2.87. The third kappa shape index (κ3) is 4.79. The molecule has 1 unspecified atom stereocenters. The fourth-order valence-electron chi connectivity index (χ4n) is 2.11. The first kappa shape index (κ1) is 17.9. The molecule has 2 aromatic rings. The second-order valence-electron chi connectivity index (χ2n) is 6.56. The van der Waals surface area contributed by atoms with E-state index in [4.69, 9.17) is 9.15 Å². The number of hydrogen-bond donors (Lipinski definition) is 2. The molecule has 0 aromatic carbocycles. The minimum Gasteiger partial charge on any atom is -0.480 e. The smallest absolute Gasteiger partial charge is 0.326 e. The van der Waals surface area contributed by atoms with Gasteiger partial charge in [-0.2, -0.15) is 0 Å². The van der Waals surface area contributed by atoms with E-state index in [2.05, 4.69) is 10.3 Å². The second kappa shape index (κ2) is 7.00. The Morgan fingerprint density at radius 3 is 2.71 bits per heavy atom. The van der Waals surface area contributed by atoms with Crippen LogP contribution in [-0.4, -0.2) is 40.2 Å². The van der Waals surface area contributed by atoms with Crippen molar-refractivity contribution >= 4 is 23.0 Å². The molecule has 0 saturated heterocycles. The largest absolute Gasteiger partial charge is 0.480 e. The summed E-state index contributed by atoms with van der Waals surface area (Å²) in [4.78, 5) is 27.8. The first-order valence-corrected chi connectivity index (χ1v) is 7.70. The molecule has 2 aromatic heterocycles. The standard InChI is InChI=1S/C17H22N2O5/c1-10-5-6-13-12(18-10)9-14(24-13)15(20)19-11(16(21)22)7-8-23-17(2,3)4/h5-6,9,11H,7-8H2,1-4H3,(H,19,20)(H,21,22). The van der Waals surface area contributed by atoms with E-state index in [1.807, 2.05) is 27.7 Å². The van der Waals surface area contributed by atoms with Gasteiger partial charge in [-0.15, -0.1) is 0 Å².